The third-order valence-electron chi connectivity index (χ3n) is 4.86. The van der Waals surface area contributed by atoms with Gasteiger partial charge in [0.05, 0.1) is 31.5 Å². The molecule has 0 radical (unpaired) electrons. The number of halogens is 1. The number of carbonyl (C=O) groups excluding carboxylic acids is 1. The summed E-state index contributed by atoms with van der Waals surface area (Å²) >= 11 is 0. The minimum Gasteiger partial charge on any atom is -0.493 e. The van der Waals surface area contributed by atoms with Crippen LogP contribution < -0.4 is 14.9 Å². The van der Waals surface area contributed by atoms with E-state index >= 15 is 0 Å². The molecule has 1 amide bonds. The molecule has 0 aliphatic rings. The van der Waals surface area contributed by atoms with E-state index in [1.54, 1.807) is 44.6 Å². The summed E-state index contributed by atoms with van der Waals surface area (Å²) in [4.78, 5) is 20.3. The predicted octanol–water partition coefficient (Wildman–Crippen LogP) is 4.07. The highest BCUT2D eigenvalue weighted by Crippen LogP contribution is 2.28. The largest absolute Gasteiger partial charge is 0.493 e. The van der Waals surface area contributed by atoms with Gasteiger partial charge in [-0.15, -0.1) is 0 Å². The van der Waals surface area contributed by atoms with Crippen LogP contribution >= 0.6 is 0 Å². The van der Waals surface area contributed by atoms with Crippen LogP contribution in [0.2, 0.25) is 0 Å². The molecule has 0 aliphatic heterocycles. The fourth-order valence-corrected chi connectivity index (χ4v) is 3.25. The Morgan fingerprint density at radius 1 is 1.06 bits per heavy atom. The first-order valence-electron chi connectivity index (χ1n) is 9.84. The first kappa shape index (κ1) is 21.0. The summed E-state index contributed by atoms with van der Waals surface area (Å²) in [5, 5.41) is 3.92. The molecule has 3 aromatic carbocycles. The highest BCUT2D eigenvalue weighted by atomic mass is 19.1. The van der Waals surface area contributed by atoms with Crippen LogP contribution in [0.5, 0.6) is 11.5 Å². The second kappa shape index (κ2) is 9.30. The van der Waals surface area contributed by atoms with Gasteiger partial charge in [-0.25, -0.2) is 14.8 Å². The molecule has 0 bridgehead atoms. The molecule has 0 saturated heterocycles. The van der Waals surface area contributed by atoms with Crippen LogP contribution in [-0.2, 0) is 6.42 Å². The van der Waals surface area contributed by atoms with E-state index < -0.39 is 0 Å². The Kier molecular flexibility index (Phi) is 6.12. The van der Waals surface area contributed by atoms with Crippen LogP contribution in [0.1, 0.15) is 27.3 Å². The summed E-state index contributed by atoms with van der Waals surface area (Å²) in [6.07, 6.45) is 2.02. The lowest BCUT2D eigenvalue weighted by atomic mass is 10.1. The second-order valence-electron chi connectivity index (χ2n) is 7.03. The number of methoxy groups -OCH3 is 2. The van der Waals surface area contributed by atoms with Gasteiger partial charge in [0, 0.05) is 12.0 Å². The van der Waals surface area contributed by atoms with Crippen LogP contribution in [0.25, 0.3) is 11.0 Å². The van der Waals surface area contributed by atoms with Crippen molar-refractivity contribution >= 4 is 23.2 Å². The van der Waals surface area contributed by atoms with Gasteiger partial charge in [-0.2, -0.15) is 5.10 Å². The number of H-pyrrole nitrogens is 1. The Morgan fingerprint density at radius 2 is 1.84 bits per heavy atom. The molecule has 1 heterocycles. The normalized spacial score (nSPS) is 11.1. The van der Waals surface area contributed by atoms with E-state index in [-0.39, 0.29) is 11.7 Å². The van der Waals surface area contributed by atoms with Crippen molar-refractivity contribution in [3.63, 3.8) is 0 Å². The number of hydrazone groups is 1. The minimum absolute atomic E-state index is 0.329. The van der Waals surface area contributed by atoms with E-state index in [1.165, 1.54) is 18.3 Å². The molecule has 8 heteroatoms. The van der Waals surface area contributed by atoms with E-state index in [0.717, 1.165) is 22.4 Å². The van der Waals surface area contributed by atoms with Crippen molar-refractivity contribution in [1.82, 2.24) is 15.4 Å². The van der Waals surface area contributed by atoms with Crippen LogP contribution in [0.3, 0.4) is 0 Å². The van der Waals surface area contributed by atoms with Gasteiger partial charge in [0.15, 0.2) is 11.5 Å². The van der Waals surface area contributed by atoms with Gasteiger partial charge in [0.25, 0.3) is 5.91 Å². The number of amides is 1. The van der Waals surface area contributed by atoms with Crippen LogP contribution in [0, 0.1) is 5.82 Å². The van der Waals surface area contributed by atoms with E-state index in [1.807, 2.05) is 18.2 Å². The van der Waals surface area contributed by atoms with E-state index in [9.17, 15) is 9.18 Å². The highest BCUT2D eigenvalue weighted by molar-refractivity contribution is 5.97. The Hall–Kier alpha value is -4.20. The van der Waals surface area contributed by atoms with E-state index in [4.69, 9.17) is 9.47 Å². The highest BCUT2D eigenvalue weighted by Gasteiger charge is 2.11. The molecule has 4 aromatic rings. The molecule has 7 nitrogen and oxygen atoms in total. The van der Waals surface area contributed by atoms with Crippen molar-refractivity contribution in [2.24, 2.45) is 5.10 Å². The molecule has 0 spiro atoms. The van der Waals surface area contributed by atoms with Crippen molar-refractivity contribution in [3.8, 4) is 11.5 Å². The number of nitrogens with one attached hydrogen (secondary N) is 2. The summed E-state index contributed by atoms with van der Waals surface area (Å²) in [6.45, 7) is 0. The zero-order valence-corrected chi connectivity index (χ0v) is 17.6. The average molecular weight is 432 g/mol. The SMILES string of the molecule is COc1ccc(Cc2nc3ccc(C(=O)N/N=C\c4ccc(F)cc4)cc3[nH]2)cc1OC. The van der Waals surface area contributed by atoms with E-state index in [0.29, 0.717) is 29.0 Å². The zero-order chi connectivity index (χ0) is 22.5. The molecule has 0 saturated carbocycles. The monoisotopic (exact) mass is 432 g/mol. The van der Waals surface area contributed by atoms with Gasteiger partial charge in [-0.05, 0) is 53.6 Å². The first-order valence-corrected chi connectivity index (χ1v) is 9.84. The first-order chi connectivity index (χ1) is 15.6. The number of aromatic nitrogens is 2. The lowest BCUT2D eigenvalue weighted by Gasteiger charge is -2.08. The maximum atomic E-state index is 12.9. The summed E-state index contributed by atoms with van der Waals surface area (Å²) in [7, 11) is 3.19. The van der Waals surface area contributed by atoms with Crippen LogP contribution in [-0.4, -0.2) is 36.3 Å². The molecule has 1 aromatic heterocycles. The van der Waals surface area contributed by atoms with Crippen molar-refractivity contribution < 1.29 is 18.7 Å². The Balaban J connectivity index is 1.46. The summed E-state index contributed by atoms with van der Waals surface area (Å²) in [6, 6.07) is 16.7. The Bertz CT molecular complexity index is 1280. The van der Waals surface area contributed by atoms with Crippen molar-refractivity contribution in [2.75, 3.05) is 14.2 Å². The third-order valence-corrected chi connectivity index (χ3v) is 4.86. The van der Waals surface area contributed by atoms with Crippen molar-refractivity contribution in [1.29, 1.82) is 0 Å². The molecule has 4 rings (SSSR count). The molecule has 0 aliphatic carbocycles. The second-order valence-corrected chi connectivity index (χ2v) is 7.03. The fraction of sp³-hybridized carbons (Fsp3) is 0.125. The van der Waals surface area contributed by atoms with Crippen LogP contribution in [0.15, 0.2) is 65.8 Å². The number of aromatic amines is 1. The van der Waals surface area contributed by atoms with Gasteiger partial charge >= 0.3 is 0 Å². The number of nitrogens with zero attached hydrogens (tertiary/aromatic N) is 2. The lowest BCUT2D eigenvalue weighted by molar-refractivity contribution is 0.0955. The lowest BCUT2D eigenvalue weighted by Crippen LogP contribution is -2.17. The summed E-state index contributed by atoms with van der Waals surface area (Å²) < 4.78 is 23.6. The molecule has 32 heavy (non-hydrogen) atoms. The quantitative estimate of drug-likeness (QED) is 0.340. The summed E-state index contributed by atoms with van der Waals surface area (Å²) in [5.41, 5.74) is 6.10. The zero-order valence-electron chi connectivity index (χ0n) is 17.6. The third kappa shape index (κ3) is 4.75. The molecule has 2 N–H and O–H groups in total. The molecular formula is C24H21FN4O3. The molecule has 162 valence electrons. The number of carbonyl (C=O) groups is 1. The smallest absolute Gasteiger partial charge is 0.271 e. The minimum atomic E-state index is -0.360. The van der Waals surface area contributed by atoms with Crippen molar-refractivity contribution in [3.05, 3.63) is 89.0 Å². The Morgan fingerprint density at radius 3 is 2.59 bits per heavy atom. The van der Waals surface area contributed by atoms with Gasteiger partial charge in [-0.1, -0.05) is 18.2 Å². The maximum Gasteiger partial charge on any atom is 0.271 e. The number of fused-ring (bicyclic) bond motifs is 1. The number of hydrogen-bond donors (Lipinski definition) is 2. The van der Waals surface area contributed by atoms with Crippen LogP contribution in [0.4, 0.5) is 4.39 Å². The molecule has 0 unspecified atom stereocenters. The van der Waals surface area contributed by atoms with E-state index in [2.05, 4.69) is 20.5 Å². The molecule has 0 fully saturated rings. The standard InChI is InChI=1S/C24H21FN4O3/c1-31-21-10-5-16(11-22(21)32-2)12-23-27-19-9-6-17(13-20(19)28-23)24(30)29-26-14-15-3-7-18(25)8-4-15/h3-11,13-14H,12H2,1-2H3,(H,27,28)(H,29,30)/b26-14-. The number of ether oxygens (including phenoxy) is 2. The van der Waals surface area contributed by atoms with Gasteiger partial charge < -0.3 is 14.5 Å². The predicted molar refractivity (Wildman–Crippen MR) is 120 cm³/mol. The van der Waals surface area contributed by atoms with Gasteiger partial charge in [0.1, 0.15) is 11.6 Å². The van der Waals surface area contributed by atoms with Gasteiger partial charge in [-0.3, -0.25) is 4.79 Å². The Labute approximate surface area is 183 Å². The molecular weight excluding hydrogens is 411 g/mol. The topological polar surface area (TPSA) is 88.6 Å². The number of imidazole rings is 1. The summed E-state index contributed by atoms with van der Waals surface area (Å²) in [5.74, 6) is 1.39. The fourth-order valence-electron chi connectivity index (χ4n) is 3.25. The molecule has 0 atom stereocenters. The number of benzene rings is 3. The van der Waals surface area contributed by atoms with Crippen molar-refractivity contribution in [2.45, 2.75) is 6.42 Å². The number of rotatable bonds is 7. The maximum absolute atomic E-state index is 12.9. The average Bonchev–Trinajstić information content (AvgIpc) is 3.21. The number of hydrogen-bond acceptors (Lipinski definition) is 5. The van der Waals surface area contributed by atoms with Gasteiger partial charge in [0.2, 0.25) is 0 Å².